The molecule has 0 spiro atoms. The lowest BCUT2D eigenvalue weighted by atomic mass is 9.91. The lowest BCUT2D eigenvalue weighted by Crippen LogP contribution is -2.28. The first-order valence-corrected chi connectivity index (χ1v) is 27.7. The standard InChI is InChI=1S/C76H54N4/c1-6-23-55(24-7-1)74-71-52-69(66-34-18-19-36-68(66)76(71)80(75(74)56-25-8-2-9-26-56)64-43-38-53-22-16-17-27-57(53)50-64)54-39-41-61(42-40-54)78(63-46-44-62(45-47-63)77(58-28-10-3-11-29-58)59-30-12-4-13-31-59)65-48-49-73-70(51-65)67-35-20-21-37-72(67)79(73)60-32-14-5-15-33-60/h1-52,67,72H. The number of anilines is 8. The van der Waals surface area contributed by atoms with Crippen LogP contribution in [-0.4, -0.2) is 10.6 Å². The van der Waals surface area contributed by atoms with Crippen molar-refractivity contribution < 1.29 is 0 Å². The molecule has 0 fully saturated rings. The average Bonchev–Trinajstić information content (AvgIpc) is 4.10. The monoisotopic (exact) mass is 1020 g/mol. The van der Waals surface area contributed by atoms with E-state index in [4.69, 9.17) is 0 Å². The highest BCUT2D eigenvalue weighted by molar-refractivity contribution is 6.20. The van der Waals surface area contributed by atoms with Gasteiger partial charge in [0, 0.05) is 73.4 Å². The summed E-state index contributed by atoms with van der Waals surface area (Å²) in [7, 11) is 0. The predicted octanol–water partition coefficient (Wildman–Crippen LogP) is 20.6. The van der Waals surface area contributed by atoms with Gasteiger partial charge in [-0.1, -0.05) is 206 Å². The third kappa shape index (κ3) is 8.08. The Hall–Kier alpha value is -10.4. The van der Waals surface area contributed by atoms with Crippen molar-refractivity contribution in [1.82, 2.24) is 4.57 Å². The molecule has 2 unspecified atom stereocenters. The van der Waals surface area contributed by atoms with Gasteiger partial charge in [0.05, 0.1) is 17.3 Å². The van der Waals surface area contributed by atoms with Gasteiger partial charge in [-0.05, 0) is 153 Å². The Morgan fingerprint density at radius 1 is 0.325 bits per heavy atom. The van der Waals surface area contributed by atoms with Crippen molar-refractivity contribution in [3.05, 3.63) is 321 Å². The Morgan fingerprint density at radius 3 is 1.50 bits per heavy atom. The lowest BCUT2D eigenvalue weighted by Gasteiger charge is -2.29. The fourth-order valence-corrected chi connectivity index (χ4v) is 12.7. The number of allylic oxidation sites excluding steroid dienone is 2. The number of para-hydroxylation sites is 3. The maximum absolute atomic E-state index is 2.52. The highest BCUT2D eigenvalue weighted by Gasteiger charge is 2.38. The Balaban J connectivity index is 0.908. The van der Waals surface area contributed by atoms with Crippen LogP contribution in [0, 0.1) is 0 Å². The molecule has 0 saturated heterocycles. The summed E-state index contributed by atoms with van der Waals surface area (Å²) in [4.78, 5) is 7.25. The Kier molecular flexibility index (Phi) is 11.6. The normalized spacial score (nSPS) is 14.4. The molecular weight excluding hydrogens is 969 g/mol. The summed E-state index contributed by atoms with van der Waals surface area (Å²) in [5.41, 5.74) is 19.7. The molecule has 0 amide bonds. The van der Waals surface area contributed by atoms with Crippen molar-refractivity contribution in [3.8, 4) is 39.2 Å². The van der Waals surface area contributed by atoms with Crippen LogP contribution in [0.4, 0.5) is 45.5 Å². The molecule has 80 heavy (non-hydrogen) atoms. The molecule has 1 aliphatic carbocycles. The highest BCUT2D eigenvalue weighted by atomic mass is 15.2. The molecule has 4 nitrogen and oxygen atoms in total. The molecule has 0 N–H and O–H groups in total. The first-order valence-electron chi connectivity index (χ1n) is 27.7. The minimum atomic E-state index is 0.185. The van der Waals surface area contributed by atoms with Crippen LogP contribution < -0.4 is 14.7 Å². The zero-order chi connectivity index (χ0) is 52.9. The first kappa shape index (κ1) is 46.8. The van der Waals surface area contributed by atoms with Crippen LogP contribution in [0.2, 0.25) is 0 Å². The first-order chi connectivity index (χ1) is 39.7. The summed E-state index contributed by atoms with van der Waals surface area (Å²) >= 11 is 0. The quantitative estimate of drug-likeness (QED) is 0.128. The number of rotatable bonds is 11. The van der Waals surface area contributed by atoms with E-state index in [0.29, 0.717) is 0 Å². The van der Waals surface area contributed by atoms with Crippen LogP contribution >= 0.6 is 0 Å². The van der Waals surface area contributed by atoms with Crippen LogP contribution in [0.25, 0.3) is 71.6 Å². The number of aromatic nitrogens is 1. The summed E-state index contributed by atoms with van der Waals surface area (Å²) in [6.07, 6.45) is 9.12. The van der Waals surface area contributed by atoms with E-state index in [1.807, 2.05) is 0 Å². The molecule has 0 bridgehead atoms. The molecule has 2 heterocycles. The van der Waals surface area contributed by atoms with Gasteiger partial charge in [0.2, 0.25) is 0 Å². The highest BCUT2D eigenvalue weighted by Crippen LogP contribution is 2.52. The molecule has 0 saturated carbocycles. The maximum atomic E-state index is 2.52. The fraction of sp³-hybridized carbons (Fsp3) is 0.0263. The van der Waals surface area contributed by atoms with Crippen LogP contribution in [0.5, 0.6) is 0 Å². The van der Waals surface area contributed by atoms with E-state index >= 15 is 0 Å². The zero-order valence-electron chi connectivity index (χ0n) is 44.0. The van der Waals surface area contributed by atoms with E-state index in [1.165, 1.54) is 71.8 Å². The second-order valence-electron chi connectivity index (χ2n) is 20.8. The van der Waals surface area contributed by atoms with Crippen LogP contribution in [0.3, 0.4) is 0 Å². The van der Waals surface area contributed by atoms with E-state index < -0.39 is 0 Å². The van der Waals surface area contributed by atoms with Crippen molar-refractivity contribution in [2.45, 2.75) is 12.0 Å². The fourth-order valence-electron chi connectivity index (χ4n) is 12.7. The van der Waals surface area contributed by atoms with E-state index in [2.05, 4.69) is 335 Å². The topological polar surface area (TPSA) is 14.7 Å². The van der Waals surface area contributed by atoms with Crippen molar-refractivity contribution in [3.63, 3.8) is 0 Å². The number of fused-ring (bicyclic) bond motifs is 7. The van der Waals surface area contributed by atoms with E-state index in [1.54, 1.807) is 0 Å². The molecule has 15 rings (SSSR count). The van der Waals surface area contributed by atoms with E-state index in [9.17, 15) is 0 Å². The largest absolute Gasteiger partial charge is 0.333 e. The minimum Gasteiger partial charge on any atom is -0.333 e. The van der Waals surface area contributed by atoms with Gasteiger partial charge in [0.15, 0.2) is 0 Å². The second kappa shape index (κ2) is 19.9. The van der Waals surface area contributed by atoms with Crippen LogP contribution in [0.1, 0.15) is 11.5 Å². The van der Waals surface area contributed by atoms with E-state index in [0.717, 1.165) is 50.9 Å². The summed E-state index contributed by atoms with van der Waals surface area (Å²) in [6.45, 7) is 0. The SMILES string of the molecule is C1=CC2c3cc(N(c4ccc(-c5cc6c(-c7ccccc7)c(-c7ccccc7)n(-c7ccc8ccccc8c7)c6c6ccccc56)cc4)c4ccc(N(c5ccccc5)c5ccccc5)cc4)ccc3N(c3ccccc3)C2C=C1. The molecule has 2 atom stereocenters. The summed E-state index contributed by atoms with van der Waals surface area (Å²) < 4.78 is 2.52. The molecule has 0 radical (unpaired) electrons. The van der Waals surface area contributed by atoms with Gasteiger partial charge in [-0.15, -0.1) is 0 Å². The van der Waals surface area contributed by atoms with Gasteiger partial charge in [0.1, 0.15) is 0 Å². The maximum Gasteiger partial charge on any atom is 0.0629 e. The van der Waals surface area contributed by atoms with Crippen molar-refractivity contribution in [2.24, 2.45) is 0 Å². The molecule has 1 aliphatic heterocycles. The Labute approximate surface area is 466 Å². The molecular formula is C76H54N4. The Morgan fingerprint density at radius 2 is 0.838 bits per heavy atom. The molecule has 378 valence electrons. The third-order valence-electron chi connectivity index (χ3n) is 16.2. The third-order valence-corrected chi connectivity index (χ3v) is 16.2. The molecule has 13 aromatic rings. The van der Waals surface area contributed by atoms with Crippen LogP contribution in [0.15, 0.2) is 315 Å². The van der Waals surface area contributed by atoms with Gasteiger partial charge in [0.25, 0.3) is 0 Å². The zero-order valence-corrected chi connectivity index (χ0v) is 44.0. The summed E-state index contributed by atoms with van der Waals surface area (Å²) in [5.74, 6) is 0.203. The van der Waals surface area contributed by atoms with Gasteiger partial charge in [-0.3, -0.25) is 0 Å². The van der Waals surface area contributed by atoms with Gasteiger partial charge >= 0.3 is 0 Å². The van der Waals surface area contributed by atoms with Crippen molar-refractivity contribution in [2.75, 3.05) is 14.7 Å². The minimum absolute atomic E-state index is 0.185. The van der Waals surface area contributed by atoms with Crippen molar-refractivity contribution >= 4 is 77.9 Å². The average molecular weight is 1020 g/mol. The molecule has 12 aromatic carbocycles. The van der Waals surface area contributed by atoms with Crippen LogP contribution in [-0.2, 0) is 0 Å². The number of nitrogens with zero attached hydrogens (tertiary/aromatic N) is 4. The van der Waals surface area contributed by atoms with Gasteiger partial charge in [-0.2, -0.15) is 0 Å². The number of hydrogen-bond acceptors (Lipinski definition) is 3. The second-order valence-corrected chi connectivity index (χ2v) is 20.8. The van der Waals surface area contributed by atoms with Gasteiger partial charge < -0.3 is 19.3 Å². The lowest BCUT2D eigenvalue weighted by molar-refractivity contribution is 0.745. The molecule has 1 aromatic heterocycles. The van der Waals surface area contributed by atoms with Crippen molar-refractivity contribution in [1.29, 1.82) is 0 Å². The van der Waals surface area contributed by atoms with Gasteiger partial charge in [-0.25, -0.2) is 0 Å². The molecule has 4 heteroatoms. The summed E-state index contributed by atoms with van der Waals surface area (Å²) in [5, 5.41) is 6.03. The molecule has 2 aliphatic rings. The van der Waals surface area contributed by atoms with E-state index in [-0.39, 0.29) is 12.0 Å². The smallest absolute Gasteiger partial charge is 0.0629 e. The summed E-state index contributed by atoms with van der Waals surface area (Å²) in [6, 6.07) is 107. The Bertz CT molecular complexity index is 4410. The number of benzene rings is 12. The number of hydrogen-bond donors (Lipinski definition) is 0. The predicted molar refractivity (Wildman–Crippen MR) is 337 cm³/mol.